The predicted octanol–water partition coefficient (Wildman–Crippen LogP) is 7.20. The van der Waals surface area contributed by atoms with Crippen molar-refractivity contribution in [1.82, 2.24) is 10.2 Å². The summed E-state index contributed by atoms with van der Waals surface area (Å²) in [5.74, 6) is -0.476. The molecule has 1 aliphatic carbocycles. The number of carbonyl (C=O) groups is 2. The summed E-state index contributed by atoms with van der Waals surface area (Å²) in [6.45, 7) is 1.97. The highest BCUT2D eigenvalue weighted by Crippen LogP contribution is 2.29. The van der Waals surface area contributed by atoms with Gasteiger partial charge in [-0.3, -0.25) is 13.9 Å². The van der Waals surface area contributed by atoms with Crippen LogP contribution in [0.15, 0.2) is 66.7 Å². The number of amides is 2. The van der Waals surface area contributed by atoms with E-state index in [1.165, 1.54) is 4.31 Å². The second-order valence-corrected chi connectivity index (χ2v) is 14.4. The summed E-state index contributed by atoms with van der Waals surface area (Å²) in [5, 5.41) is 4.39. The Morgan fingerprint density at radius 3 is 2.27 bits per heavy atom. The highest BCUT2D eigenvalue weighted by Gasteiger charge is 2.32. The number of nitrogens with zero attached hydrogens (tertiary/aromatic N) is 2. The monoisotopic (exact) mass is 677 g/mol. The fourth-order valence-corrected chi connectivity index (χ4v) is 7.11. The molecule has 0 saturated heterocycles. The van der Waals surface area contributed by atoms with Gasteiger partial charge in [-0.05, 0) is 67.1 Å². The summed E-state index contributed by atoms with van der Waals surface area (Å²) >= 11 is 18.8. The maximum Gasteiger partial charge on any atom is 0.243 e. The number of anilines is 1. The van der Waals surface area contributed by atoms with Crippen LogP contribution in [-0.2, 0) is 32.6 Å². The van der Waals surface area contributed by atoms with E-state index in [1.807, 2.05) is 30.3 Å². The fourth-order valence-electron chi connectivity index (χ4n) is 5.60. The van der Waals surface area contributed by atoms with Crippen LogP contribution in [0.1, 0.15) is 55.2 Å². The van der Waals surface area contributed by atoms with Gasteiger partial charge in [-0.25, -0.2) is 8.42 Å². The molecule has 4 rings (SSSR count). The summed E-state index contributed by atoms with van der Waals surface area (Å²) in [4.78, 5) is 29.5. The van der Waals surface area contributed by atoms with Crippen molar-refractivity contribution in [2.75, 3.05) is 17.1 Å². The van der Waals surface area contributed by atoms with Gasteiger partial charge in [0.15, 0.2) is 0 Å². The van der Waals surface area contributed by atoms with Crippen LogP contribution in [-0.4, -0.2) is 50.0 Å². The summed E-state index contributed by atoms with van der Waals surface area (Å²) in [6, 6.07) is 19.1. The number of hydrogen-bond donors (Lipinski definition) is 1. The van der Waals surface area contributed by atoms with Gasteiger partial charge in [0.05, 0.1) is 22.0 Å². The second-order valence-electron chi connectivity index (χ2n) is 11.3. The molecule has 0 bridgehead atoms. The Bertz CT molecular complexity index is 1560. The Balaban J connectivity index is 1.62. The van der Waals surface area contributed by atoms with Crippen molar-refractivity contribution in [3.05, 3.63) is 98.5 Å². The minimum atomic E-state index is -3.66. The zero-order chi connectivity index (χ0) is 31.9. The molecule has 2 amide bonds. The van der Waals surface area contributed by atoms with Crippen LogP contribution in [0.5, 0.6) is 0 Å². The number of rotatable bonds is 13. The van der Waals surface area contributed by atoms with Crippen molar-refractivity contribution in [3.63, 3.8) is 0 Å². The average Bonchev–Trinajstić information content (AvgIpc) is 3.49. The third-order valence-electron chi connectivity index (χ3n) is 7.97. The van der Waals surface area contributed by atoms with Gasteiger partial charge in [0, 0.05) is 37.0 Å². The van der Waals surface area contributed by atoms with Gasteiger partial charge in [0.25, 0.3) is 0 Å². The topological polar surface area (TPSA) is 86.8 Å². The molecule has 236 valence electrons. The highest BCUT2D eigenvalue weighted by atomic mass is 35.5. The summed E-state index contributed by atoms with van der Waals surface area (Å²) in [6.07, 6.45) is 5.65. The lowest BCUT2D eigenvalue weighted by Crippen LogP contribution is -2.52. The van der Waals surface area contributed by atoms with Crippen LogP contribution >= 0.6 is 34.8 Å². The second kappa shape index (κ2) is 15.5. The molecule has 0 aromatic heterocycles. The van der Waals surface area contributed by atoms with Crippen molar-refractivity contribution in [2.45, 2.75) is 70.5 Å². The first-order valence-corrected chi connectivity index (χ1v) is 17.7. The maximum absolute atomic E-state index is 14.1. The van der Waals surface area contributed by atoms with Crippen molar-refractivity contribution < 1.29 is 18.0 Å². The first-order chi connectivity index (χ1) is 20.9. The number of halogens is 3. The van der Waals surface area contributed by atoms with Gasteiger partial charge in [-0.2, -0.15) is 0 Å². The predicted molar refractivity (Wildman–Crippen MR) is 179 cm³/mol. The molecule has 3 aromatic carbocycles. The number of nitrogens with one attached hydrogen (secondary N) is 1. The van der Waals surface area contributed by atoms with E-state index in [1.54, 1.807) is 48.2 Å². The van der Waals surface area contributed by atoms with Crippen molar-refractivity contribution >= 4 is 62.3 Å². The molecule has 0 aliphatic heterocycles. The summed E-state index contributed by atoms with van der Waals surface area (Å²) < 4.78 is 26.8. The van der Waals surface area contributed by atoms with Gasteiger partial charge in [0.1, 0.15) is 6.04 Å². The normalized spacial score (nSPS) is 14.3. The van der Waals surface area contributed by atoms with Gasteiger partial charge in [0.2, 0.25) is 21.8 Å². The lowest BCUT2D eigenvalue weighted by Gasteiger charge is -2.33. The molecule has 1 atom stereocenters. The molecule has 3 aromatic rings. The molecule has 11 heteroatoms. The lowest BCUT2D eigenvalue weighted by atomic mass is 10.0. The fraction of sp³-hybridized carbons (Fsp3) is 0.394. The quantitative estimate of drug-likeness (QED) is 0.207. The van der Waals surface area contributed by atoms with E-state index in [2.05, 4.69) is 5.32 Å². The van der Waals surface area contributed by atoms with Gasteiger partial charge < -0.3 is 10.2 Å². The average molecular weight is 679 g/mol. The molecule has 1 aliphatic rings. The van der Waals surface area contributed by atoms with E-state index in [4.69, 9.17) is 34.8 Å². The maximum atomic E-state index is 14.1. The third kappa shape index (κ3) is 9.13. The van der Waals surface area contributed by atoms with E-state index in [0.717, 1.165) is 43.1 Å². The van der Waals surface area contributed by atoms with E-state index < -0.39 is 16.1 Å². The largest absolute Gasteiger partial charge is 0.352 e. The molecule has 7 nitrogen and oxygen atoms in total. The van der Waals surface area contributed by atoms with Crippen molar-refractivity contribution in [3.8, 4) is 0 Å². The minimum Gasteiger partial charge on any atom is -0.352 e. The Kier molecular flexibility index (Phi) is 12.0. The number of sulfonamides is 1. The molecule has 44 heavy (non-hydrogen) atoms. The van der Waals surface area contributed by atoms with Crippen LogP contribution in [0.3, 0.4) is 0 Å². The number of carbonyl (C=O) groups excluding carboxylic acids is 2. The standard InChI is InChI=1S/C33H38Cl3N3O4S/c1-23-27(34)14-8-15-30(23)39(44(2,42)43)19-9-16-32(40)38(22-25-17-18-28(35)29(36)20-25)31(21-24-10-4-3-5-11-24)33(41)37-26-12-6-7-13-26/h3-5,8,10-11,14-15,17-18,20,26,31H,6-7,9,12-13,16,19,21-22H2,1-2H3,(H,37,41). The highest BCUT2D eigenvalue weighted by molar-refractivity contribution is 7.92. The van der Waals surface area contributed by atoms with E-state index in [0.29, 0.717) is 32.7 Å². The lowest BCUT2D eigenvalue weighted by molar-refractivity contribution is -0.141. The molecule has 0 heterocycles. The number of hydrogen-bond acceptors (Lipinski definition) is 4. The van der Waals surface area contributed by atoms with Crippen molar-refractivity contribution in [2.24, 2.45) is 0 Å². The van der Waals surface area contributed by atoms with Gasteiger partial charge >= 0.3 is 0 Å². The molecule has 0 spiro atoms. The Morgan fingerprint density at radius 2 is 1.61 bits per heavy atom. The Labute approximate surface area is 275 Å². The molecule has 1 fully saturated rings. The van der Waals surface area contributed by atoms with Crippen molar-refractivity contribution in [1.29, 1.82) is 0 Å². The van der Waals surface area contributed by atoms with E-state index in [9.17, 15) is 18.0 Å². The van der Waals surface area contributed by atoms with E-state index in [-0.39, 0.29) is 43.8 Å². The zero-order valence-corrected chi connectivity index (χ0v) is 28.0. The summed E-state index contributed by atoms with van der Waals surface area (Å²) in [7, 11) is -3.66. The molecule has 0 radical (unpaired) electrons. The Hall–Kier alpha value is -2.78. The van der Waals surface area contributed by atoms with E-state index >= 15 is 0 Å². The zero-order valence-electron chi connectivity index (χ0n) is 24.9. The molecule has 1 saturated carbocycles. The minimum absolute atomic E-state index is 0.0228. The van der Waals surface area contributed by atoms with Crippen LogP contribution in [0, 0.1) is 6.92 Å². The van der Waals surface area contributed by atoms with Gasteiger partial charge in [-0.15, -0.1) is 0 Å². The molecular formula is C33H38Cl3N3O4S. The van der Waals surface area contributed by atoms with Crippen LogP contribution in [0.25, 0.3) is 0 Å². The molecule has 1 unspecified atom stereocenters. The SMILES string of the molecule is Cc1c(Cl)cccc1N(CCCC(=O)N(Cc1ccc(Cl)c(Cl)c1)C(Cc1ccccc1)C(=O)NC1CCCC1)S(C)(=O)=O. The molecule has 1 N–H and O–H groups in total. The van der Waals surface area contributed by atoms with Gasteiger partial charge in [-0.1, -0.05) is 90.1 Å². The Morgan fingerprint density at radius 1 is 0.909 bits per heavy atom. The van der Waals surface area contributed by atoms with Crippen LogP contribution < -0.4 is 9.62 Å². The summed E-state index contributed by atoms with van der Waals surface area (Å²) in [5.41, 5.74) is 2.76. The smallest absolute Gasteiger partial charge is 0.243 e. The first kappa shape index (κ1) is 34.1. The molecular weight excluding hydrogens is 641 g/mol. The number of benzene rings is 3. The van der Waals surface area contributed by atoms with Crippen LogP contribution in [0.2, 0.25) is 15.1 Å². The third-order valence-corrected chi connectivity index (χ3v) is 10.3. The van der Waals surface area contributed by atoms with Crippen LogP contribution in [0.4, 0.5) is 5.69 Å². The first-order valence-electron chi connectivity index (χ1n) is 14.7.